The van der Waals surface area contributed by atoms with Crippen LogP contribution in [0.5, 0.6) is 5.75 Å². The smallest absolute Gasteiger partial charge is 0.247 e. The molecule has 134 valence electrons. The van der Waals surface area contributed by atoms with E-state index in [1.54, 1.807) is 30.5 Å². The molecule has 0 amide bonds. The van der Waals surface area contributed by atoms with Crippen molar-refractivity contribution in [1.29, 1.82) is 0 Å². The lowest BCUT2D eigenvalue weighted by atomic mass is 10.1. The molecular weight excluding hydrogens is 350 g/mol. The summed E-state index contributed by atoms with van der Waals surface area (Å²) in [5.41, 5.74) is 2.54. The van der Waals surface area contributed by atoms with Crippen molar-refractivity contribution in [3.8, 4) is 5.75 Å². The maximum Gasteiger partial charge on any atom is 0.247 e. The summed E-state index contributed by atoms with van der Waals surface area (Å²) in [4.78, 5) is 9.08. The van der Waals surface area contributed by atoms with E-state index in [4.69, 9.17) is 4.74 Å². The number of pyridine rings is 2. The minimum atomic E-state index is -3.65. The Hall–Kier alpha value is -2.51. The van der Waals surface area contributed by atoms with Gasteiger partial charge in [-0.3, -0.25) is 0 Å². The van der Waals surface area contributed by atoms with Gasteiger partial charge in [0, 0.05) is 36.8 Å². The largest absolute Gasteiger partial charge is 0.492 e. The molecule has 2 aromatic heterocycles. The van der Waals surface area contributed by atoms with Gasteiger partial charge in [0.2, 0.25) is 10.0 Å². The highest BCUT2D eigenvalue weighted by Crippen LogP contribution is 2.30. The van der Waals surface area contributed by atoms with Gasteiger partial charge in [-0.05, 0) is 42.8 Å². The summed E-state index contributed by atoms with van der Waals surface area (Å²) in [5, 5.41) is 0.917. The molecule has 0 fully saturated rings. The Labute approximate surface area is 152 Å². The average Bonchev–Trinajstić information content (AvgIpc) is 2.66. The van der Waals surface area contributed by atoms with Gasteiger partial charge in [-0.15, -0.1) is 0 Å². The number of para-hydroxylation sites is 1. The van der Waals surface area contributed by atoms with Crippen LogP contribution in [0.3, 0.4) is 0 Å². The second-order valence-electron chi connectivity index (χ2n) is 6.11. The standard InChI is InChI=1S/C19H19N3O3S/c1-2-25-17-7-3-4-8-18(17)26(23,24)22-11-9-16-15(13-22)12-14-6-5-10-20-19(14)21-16/h3-8,10,12H,2,9,11,13H2,1H3. The molecule has 4 rings (SSSR count). The molecule has 0 atom stereocenters. The van der Waals surface area contributed by atoms with Crippen LogP contribution in [0.1, 0.15) is 18.2 Å². The molecule has 0 unspecified atom stereocenters. The first-order valence-corrected chi connectivity index (χ1v) is 9.99. The number of benzene rings is 1. The van der Waals surface area contributed by atoms with Crippen molar-refractivity contribution >= 4 is 21.1 Å². The van der Waals surface area contributed by atoms with E-state index in [0.717, 1.165) is 16.6 Å². The number of hydrogen-bond donors (Lipinski definition) is 0. The zero-order chi connectivity index (χ0) is 18.1. The highest BCUT2D eigenvalue weighted by atomic mass is 32.2. The fourth-order valence-electron chi connectivity index (χ4n) is 3.22. The predicted octanol–water partition coefficient (Wildman–Crippen LogP) is 2.78. The van der Waals surface area contributed by atoms with Crippen molar-refractivity contribution < 1.29 is 13.2 Å². The lowest BCUT2D eigenvalue weighted by Crippen LogP contribution is -2.36. The number of rotatable bonds is 4. The van der Waals surface area contributed by atoms with E-state index in [1.807, 2.05) is 25.1 Å². The van der Waals surface area contributed by atoms with Gasteiger partial charge >= 0.3 is 0 Å². The maximum absolute atomic E-state index is 13.2. The van der Waals surface area contributed by atoms with Gasteiger partial charge in [-0.25, -0.2) is 18.4 Å². The number of aromatic nitrogens is 2. The summed E-state index contributed by atoms with van der Waals surface area (Å²) in [6, 6.07) is 12.6. The molecule has 0 saturated carbocycles. The van der Waals surface area contributed by atoms with E-state index in [9.17, 15) is 8.42 Å². The number of nitrogens with zero attached hydrogens (tertiary/aromatic N) is 3. The molecule has 6 nitrogen and oxygen atoms in total. The molecule has 1 aromatic carbocycles. The molecule has 0 N–H and O–H groups in total. The van der Waals surface area contributed by atoms with E-state index >= 15 is 0 Å². The molecular formula is C19H19N3O3S. The molecule has 3 heterocycles. The highest BCUT2D eigenvalue weighted by molar-refractivity contribution is 7.89. The molecule has 1 aliphatic heterocycles. The Bertz CT molecular complexity index is 1070. The van der Waals surface area contributed by atoms with Crippen molar-refractivity contribution in [2.24, 2.45) is 0 Å². The van der Waals surface area contributed by atoms with Gasteiger partial charge in [-0.1, -0.05) is 12.1 Å². The second kappa shape index (κ2) is 6.66. The van der Waals surface area contributed by atoms with Crippen LogP contribution in [-0.2, 0) is 23.0 Å². The lowest BCUT2D eigenvalue weighted by molar-refractivity contribution is 0.327. The summed E-state index contributed by atoms with van der Waals surface area (Å²) in [7, 11) is -3.65. The average molecular weight is 369 g/mol. The Kier molecular flexibility index (Phi) is 4.34. The molecule has 0 spiro atoms. The van der Waals surface area contributed by atoms with Crippen LogP contribution in [0.25, 0.3) is 11.0 Å². The Morgan fingerprint density at radius 3 is 2.88 bits per heavy atom. The molecule has 0 radical (unpaired) electrons. The summed E-state index contributed by atoms with van der Waals surface area (Å²) in [6.45, 7) is 2.95. The minimum Gasteiger partial charge on any atom is -0.492 e. The Balaban J connectivity index is 1.71. The Morgan fingerprint density at radius 1 is 1.19 bits per heavy atom. The van der Waals surface area contributed by atoms with Gasteiger partial charge in [0.15, 0.2) is 5.65 Å². The summed E-state index contributed by atoms with van der Waals surface area (Å²) in [6.07, 6.45) is 2.28. The van der Waals surface area contributed by atoms with Crippen LogP contribution < -0.4 is 4.74 Å². The third kappa shape index (κ3) is 2.93. The van der Waals surface area contributed by atoms with E-state index < -0.39 is 10.0 Å². The monoisotopic (exact) mass is 369 g/mol. The van der Waals surface area contributed by atoms with Gasteiger partial charge in [0.1, 0.15) is 10.6 Å². The fraction of sp³-hybridized carbons (Fsp3) is 0.263. The second-order valence-corrected chi connectivity index (χ2v) is 8.02. The van der Waals surface area contributed by atoms with E-state index in [1.165, 1.54) is 4.31 Å². The first-order chi connectivity index (χ1) is 12.6. The van der Waals surface area contributed by atoms with Crippen LogP contribution in [0.15, 0.2) is 53.6 Å². The number of ether oxygens (including phenoxy) is 1. The normalized spacial score (nSPS) is 15.0. The molecule has 0 saturated heterocycles. The van der Waals surface area contributed by atoms with Gasteiger partial charge in [0.25, 0.3) is 0 Å². The van der Waals surface area contributed by atoms with Crippen LogP contribution in [-0.4, -0.2) is 35.8 Å². The zero-order valence-electron chi connectivity index (χ0n) is 14.4. The molecule has 0 bridgehead atoms. The first-order valence-electron chi connectivity index (χ1n) is 8.55. The van der Waals surface area contributed by atoms with E-state index in [2.05, 4.69) is 9.97 Å². The van der Waals surface area contributed by atoms with Crippen LogP contribution >= 0.6 is 0 Å². The molecule has 26 heavy (non-hydrogen) atoms. The zero-order valence-corrected chi connectivity index (χ0v) is 15.2. The van der Waals surface area contributed by atoms with Crippen LogP contribution in [0, 0.1) is 0 Å². The van der Waals surface area contributed by atoms with Crippen molar-refractivity contribution in [3.05, 3.63) is 59.9 Å². The third-order valence-corrected chi connectivity index (χ3v) is 6.35. The number of hydrogen-bond acceptors (Lipinski definition) is 5. The number of sulfonamides is 1. The third-order valence-electron chi connectivity index (χ3n) is 4.47. The van der Waals surface area contributed by atoms with E-state index in [-0.39, 0.29) is 4.90 Å². The SMILES string of the molecule is CCOc1ccccc1S(=O)(=O)N1CCc2nc3ncccc3cc2C1. The topological polar surface area (TPSA) is 72.4 Å². The summed E-state index contributed by atoms with van der Waals surface area (Å²) in [5.74, 6) is 0.390. The van der Waals surface area contributed by atoms with Gasteiger partial charge in [0.05, 0.1) is 6.61 Å². The van der Waals surface area contributed by atoms with Crippen molar-refractivity contribution in [2.45, 2.75) is 24.8 Å². The summed E-state index contributed by atoms with van der Waals surface area (Å²) >= 11 is 0. The quantitative estimate of drug-likeness (QED) is 0.707. The molecule has 1 aliphatic rings. The van der Waals surface area contributed by atoms with Crippen LogP contribution in [0.4, 0.5) is 0 Å². The fourth-order valence-corrected chi connectivity index (χ4v) is 4.77. The first kappa shape index (κ1) is 16.9. The molecule has 7 heteroatoms. The molecule has 3 aromatic rings. The Morgan fingerprint density at radius 2 is 2.04 bits per heavy atom. The van der Waals surface area contributed by atoms with Crippen molar-refractivity contribution in [3.63, 3.8) is 0 Å². The molecule has 0 aliphatic carbocycles. The number of fused-ring (bicyclic) bond motifs is 2. The van der Waals surface area contributed by atoms with Gasteiger partial charge < -0.3 is 4.74 Å². The van der Waals surface area contributed by atoms with Crippen molar-refractivity contribution in [1.82, 2.24) is 14.3 Å². The highest BCUT2D eigenvalue weighted by Gasteiger charge is 2.31. The van der Waals surface area contributed by atoms with E-state index in [0.29, 0.717) is 37.5 Å². The summed E-state index contributed by atoms with van der Waals surface area (Å²) < 4.78 is 33.4. The lowest BCUT2D eigenvalue weighted by Gasteiger charge is -2.28. The van der Waals surface area contributed by atoms with Crippen molar-refractivity contribution in [2.75, 3.05) is 13.2 Å². The minimum absolute atomic E-state index is 0.209. The van der Waals surface area contributed by atoms with Crippen LogP contribution in [0.2, 0.25) is 0 Å². The predicted molar refractivity (Wildman–Crippen MR) is 98.4 cm³/mol. The maximum atomic E-state index is 13.2. The van der Waals surface area contributed by atoms with Gasteiger partial charge in [-0.2, -0.15) is 4.31 Å².